The van der Waals surface area contributed by atoms with Crippen LogP contribution in [0, 0.1) is 23.2 Å². The molecule has 1 N–H and O–H groups in total. The molecular formula is C25H34N4O3. The molecule has 0 unspecified atom stereocenters. The summed E-state index contributed by atoms with van der Waals surface area (Å²) in [6.07, 6.45) is 7.39. The highest BCUT2D eigenvalue weighted by atomic mass is 16.5. The van der Waals surface area contributed by atoms with Gasteiger partial charge in [-0.25, -0.2) is 4.98 Å². The first-order valence-corrected chi connectivity index (χ1v) is 12.0. The average Bonchev–Trinajstić information content (AvgIpc) is 3.44. The smallest absolute Gasteiger partial charge is 0.274 e. The number of hydrogen-bond acceptors (Lipinski definition) is 4. The number of fused-ring (bicyclic) bond motifs is 3. The molecule has 3 saturated carbocycles. The lowest BCUT2D eigenvalue weighted by Crippen LogP contribution is -2.54. The Morgan fingerprint density at radius 1 is 1.25 bits per heavy atom. The standard InChI is InChI=1S/C25H34N4O3/c1-25(2)17-10-9-16(19(25)12-17)13-26-23(30)21-7-4-8-22-27-20(14-29(21)22)24(31)28-11-5-6-18(28)15-32-3/h4,7-8,14,16-19H,5-6,9-13,15H2,1-3H3,(H,26,30)/t16-,17-,18-,19+/m0/s1. The number of carbonyl (C=O) groups is 2. The molecule has 4 fully saturated rings. The SMILES string of the molecule is COC[C@@H]1CCCN1C(=O)c1cn2c(C(=O)NC[C@@H]3CC[C@H]4C[C@H]3C4(C)C)cccc2n1. The maximum absolute atomic E-state index is 13.1. The van der Waals surface area contributed by atoms with Crippen molar-refractivity contribution < 1.29 is 14.3 Å². The Balaban J connectivity index is 1.31. The molecule has 2 aromatic heterocycles. The maximum atomic E-state index is 13.1. The fourth-order valence-electron chi connectivity index (χ4n) is 6.44. The number of rotatable bonds is 6. The van der Waals surface area contributed by atoms with Gasteiger partial charge in [-0.05, 0) is 67.4 Å². The molecule has 0 aromatic carbocycles. The summed E-state index contributed by atoms with van der Waals surface area (Å²) < 4.78 is 7.02. The Morgan fingerprint density at radius 3 is 2.84 bits per heavy atom. The van der Waals surface area contributed by atoms with Crippen LogP contribution in [0.2, 0.25) is 0 Å². The lowest BCUT2D eigenvalue weighted by Gasteiger charge is -2.60. The third-order valence-corrected chi connectivity index (χ3v) is 8.47. The van der Waals surface area contributed by atoms with Crippen molar-refractivity contribution in [3.63, 3.8) is 0 Å². The number of ether oxygens (including phenoxy) is 1. The van der Waals surface area contributed by atoms with E-state index in [0.29, 0.717) is 54.0 Å². The van der Waals surface area contributed by atoms with Crippen molar-refractivity contribution in [2.24, 2.45) is 23.2 Å². The summed E-state index contributed by atoms with van der Waals surface area (Å²) in [7, 11) is 1.66. The Morgan fingerprint density at radius 2 is 2.09 bits per heavy atom. The minimum Gasteiger partial charge on any atom is -0.383 e. The van der Waals surface area contributed by atoms with Crippen molar-refractivity contribution in [1.82, 2.24) is 19.6 Å². The fraction of sp³-hybridized carbons (Fsp3) is 0.640. The number of hydrogen-bond donors (Lipinski definition) is 1. The third kappa shape index (κ3) is 3.51. The molecule has 2 bridgehead atoms. The Labute approximate surface area is 189 Å². The van der Waals surface area contributed by atoms with E-state index in [0.717, 1.165) is 18.8 Å². The largest absolute Gasteiger partial charge is 0.383 e. The van der Waals surface area contributed by atoms with E-state index in [1.165, 1.54) is 19.3 Å². The number of likely N-dealkylation sites (tertiary alicyclic amines) is 1. The number of nitrogens with zero attached hydrogens (tertiary/aromatic N) is 3. The summed E-state index contributed by atoms with van der Waals surface area (Å²) in [5, 5.41) is 3.17. The van der Waals surface area contributed by atoms with E-state index >= 15 is 0 Å². The van der Waals surface area contributed by atoms with Crippen LogP contribution in [0.5, 0.6) is 0 Å². The third-order valence-electron chi connectivity index (χ3n) is 8.47. The number of aromatic nitrogens is 2. The molecular weight excluding hydrogens is 404 g/mol. The normalized spacial score (nSPS) is 28.5. The lowest BCUT2D eigenvalue weighted by atomic mass is 9.45. The molecule has 4 atom stereocenters. The van der Waals surface area contributed by atoms with Crippen LogP contribution in [-0.4, -0.2) is 58.9 Å². The number of pyridine rings is 1. The minimum absolute atomic E-state index is 0.0888. The zero-order valence-electron chi connectivity index (χ0n) is 19.3. The molecule has 1 aliphatic heterocycles. The number of methoxy groups -OCH3 is 1. The molecule has 3 heterocycles. The summed E-state index contributed by atoms with van der Waals surface area (Å²) in [6, 6.07) is 5.55. The molecule has 0 spiro atoms. The predicted octanol–water partition coefficient (Wildman–Crippen LogP) is 3.39. The first kappa shape index (κ1) is 21.4. The van der Waals surface area contributed by atoms with Crippen LogP contribution in [0.25, 0.3) is 5.65 Å². The highest BCUT2D eigenvalue weighted by Gasteiger charge is 2.53. The van der Waals surface area contributed by atoms with Gasteiger partial charge < -0.3 is 15.0 Å². The van der Waals surface area contributed by atoms with E-state index in [-0.39, 0.29) is 17.9 Å². The van der Waals surface area contributed by atoms with Gasteiger partial charge in [-0.1, -0.05) is 19.9 Å². The maximum Gasteiger partial charge on any atom is 0.274 e. The van der Waals surface area contributed by atoms with E-state index < -0.39 is 0 Å². The van der Waals surface area contributed by atoms with Crippen LogP contribution in [0.3, 0.4) is 0 Å². The van der Waals surface area contributed by atoms with E-state index in [4.69, 9.17) is 4.74 Å². The fourth-order valence-corrected chi connectivity index (χ4v) is 6.44. The highest BCUT2D eigenvalue weighted by molar-refractivity contribution is 5.95. The van der Waals surface area contributed by atoms with Crippen molar-refractivity contribution in [2.75, 3.05) is 26.8 Å². The van der Waals surface area contributed by atoms with E-state index in [9.17, 15) is 9.59 Å². The summed E-state index contributed by atoms with van der Waals surface area (Å²) >= 11 is 0. The zero-order valence-corrected chi connectivity index (χ0v) is 19.3. The van der Waals surface area contributed by atoms with Gasteiger partial charge in [0, 0.05) is 26.4 Å². The van der Waals surface area contributed by atoms with Crippen LogP contribution in [0.15, 0.2) is 24.4 Å². The molecule has 32 heavy (non-hydrogen) atoms. The quantitative estimate of drug-likeness (QED) is 0.750. The second-order valence-electron chi connectivity index (χ2n) is 10.4. The van der Waals surface area contributed by atoms with Gasteiger partial charge in [0.2, 0.25) is 0 Å². The van der Waals surface area contributed by atoms with Gasteiger partial charge >= 0.3 is 0 Å². The van der Waals surface area contributed by atoms with Gasteiger partial charge in [0.1, 0.15) is 17.0 Å². The monoisotopic (exact) mass is 438 g/mol. The summed E-state index contributed by atoms with van der Waals surface area (Å²) in [5.74, 6) is 1.91. The summed E-state index contributed by atoms with van der Waals surface area (Å²) in [4.78, 5) is 32.6. The van der Waals surface area contributed by atoms with Crippen LogP contribution < -0.4 is 5.32 Å². The van der Waals surface area contributed by atoms with Crippen LogP contribution >= 0.6 is 0 Å². The Hall–Kier alpha value is -2.41. The minimum atomic E-state index is -0.107. The molecule has 1 saturated heterocycles. The molecule has 6 rings (SSSR count). The number of amides is 2. The van der Waals surface area contributed by atoms with Crippen LogP contribution in [-0.2, 0) is 4.74 Å². The highest BCUT2D eigenvalue weighted by Crippen LogP contribution is 2.61. The first-order valence-electron chi connectivity index (χ1n) is 12.0. The number of nitrogens with one attached hydrogen (secondary N) is 1. The topological polar surface area (TPSA) is 75.9 Å². The average molecular weight is 439 g/mol. The van der Waals surface area contributed by atoms with E-state index in [1.54, 1.807) is 23.8 Å². The van der Waals surface area contributed by atoms with Crippen LogP contribution in [0.4, 0.5) is 0 Å². The number of imidazole rings is 1. The summed E-state index contributed by atoms with van der Waals surface area (Å²) in [5.41, 5.74) is 1.92. The van der Waals surface area contributed by atoms with Gasteiger partial charge in [-0.2, -0.15) is 0 Å². The van der Waals surface area contributed by atoms with Crippen molar-refractivity contribution in [3.8, 4) is 0 Å². The molecule has 0 radical (unpaired) electrons. The predicted molar refractivity (Wildman–Crippen MR) is 122 cm³/mol. The van der Waals surface area contributed by atoms with E-state index in [2.05, 4.69) is 24.1 Å². The van der Waals surface area contributed by atoms with Crippen molar-refractivity contribution in [3.05, 3.63) is 35.8 Å². The molecule has 7 nitrogen and oxygen atoms in total. The van der Waals surface area contributed by atoms with Crippen molar-refractivity contribution >= 4 is 17.5 Å². The van der Waals surface area contributed by atoms with Gasteiger partial charge in [-0.15, -0.1) is 0 Å². The Kier molecular flexibility index (Phi) is 5.48. The molecule has 3 aliphatic carbocycles. The Bertz CT molecular complexity index is 1030. The van der Waals surface area contributed by atoms with Gasteiger partial charge in [-0.3, -0.25) is 14.0 Å². The summed E-state index contributed by atoms with van der Waals surface area (Å²) in [6.45, 7) is 6.72. The molecule has 2 aromatic rings. The lowest BCUT2D eigenvalue weighted by molar-refractivity contribution is -0.103. The molecule has 7 heteroatoms. The molecule has 4 aliphatic rings. The zero-order chi connectivity index (χ0) is 22.5. The molecule has 2 amide bonds. The molecule has 172 valence electrons. The van der Waals surface area contributed by atoms with Crippen molar-refractivity contribution in [1.29, 1.82) is 0 Å². The van der Waals surface area contributed by atoms with Gasteiger partial charge in [0.15, 0.2) is 0 Å². The second kappa shape index (κ2) is 8.18. The van der Waals surface area contributed by atoms with Gasteiger partial charge in [0.05, 0.1) is 12.6 Å². The van der Waals surface area contributed by atoms with Crippen molar-refractivity contribution in [2.45, 2.75) is 52.0 Å². The van der Waals surface area contributed by atoms with Crippen LogP contribution in [0.1, 0.15) is 66.9 Å². The van der Waals surface area contributed by atoms with Gasteiger partial charge in [0.25, 0.3) is 11.8 Å². The second-order valence-corrected chi connectivity index (χ2v) is 10.4. The van der Waals surface area contributed by atoms with E-state index in [1.807, 2.05) is 17.0 Å². The number of carbonyl (C=O) groups excluding carboxylic acids is 2. The first-order chi connectivity index (χ1) is 15.4.